The molecule has 0 saturated heterocycles. The molecule has 0 saturated carbocycles. The fourth-order valence-corrected chi connectivity index (χ4v) is 2.69. The topological polar surface area (TPSA) is 61.6 Å². The third-order valence-corrected chi connectivity index (χ3v) is 3.58. The van der Waals surface area contributed by atoms with Gasteiger partial charge in [0.2, 0.25) is 5.75 Å². The number of ether oxygens (including phenoxy) is 2. The summed E-state index contributed by atoms with van der Waals surface area (Å²) in [6.45, 7) is 0.119. The van der Waals surface area contributed by atoms with Crippen LogP contribution in [0.15, 0.2) is 30.3 Å². The number of hydrogen-bond donors (Lipinski definition) is 0. The van der Waals surface area contributed by atoms with Crippen LogP contribution in [-0.2, 0) is 0 Å². The van der Waals surface area contributed by atoms with E-state index in [1.54, 1.807) is 0 Å². The number of nitrogens with zero attached hydrogens (tertiary/aromatic N) is 1. The van der Waals surface area contributed by atoms with Crippen molar-refractivity contribution < 1.29 is 14.4 Å². The Kier molecular flexibility index (Phi) is 6.18. The van der Waals surface area contributed by atoms with Gasteiger partial charge in [-0.25, -0.2) is 0 Å². The van der Waals surface area contributed by atoms with Gasteiger partial charge in [0, 0.05) is 17.2 Å². The predicted octanol–water partition coefficient (Wildman–Crippen LogP) is 5.96. The monoisotopic (exact) mass is 395 g/mol. The van der Waals surface area contributed by atoms with E-state index in [-0.39, 0.29) is 45.5 Å². The second-order valence-corrected chi connectivity index (χ2v) is 5.85. The Labute approximate surface area is 151 Å². The fraction of sp³-hybridized carbons (Fsp3) is 0.143. The van der Waals surface area contributed by atoms with Crippen LogP contribution in [-0.4, -0.2) is 17.4 Å². The molecule has 0 N–H and O–H groups in total. The van der Waals surface area contributed by atoms with E-state index in [9.17, 15) is 10.1 Å². The average Bonchev–Trinajstić information content (AvgIpc) is 2.48. The lowest BCUT2D eigenvalue weighted by atomic mass is 10.2. The molecule has 0 unspecified atom stereocenters. The van der Waals surface area contributed by atoms with Crippen LogP contribution in [0.3, 0.4) is 0 Å². The van der Waals surface area contributed by atoms with E-state index in [0.29, 0.717) is 5.02 Å². The molecule has 0 heterocycles. The molecule has 0 radical (unpaired) electrons. The first-order valence-electron chi connectivity index (χ1n) is 6.22. The molecule has 0 atom stereocenters. The third-order valence-electron chi connectivity index (χ3n) is 2.65. The molecule has 0 fully saturated rings. The van der Waals surface area contributed by atoms with Crippen molar-refractivity contribution in [2.45, 2.75) is 0 Å². The highest BCUT2D eigenvalue weighted by Gasteiger charge is 2.18. The van der Waals surface area contributed by atoms with E-state index in [2.05, 4.69) is 0 Å². The molecule has 2 aromatic carbocycles. The second-order valence-electron chi connectivity index (χ2n) is 4.22. The number of nitro benzene ring substituents is 1. The largest absolute Gasteiger partial charge is 0.485 e. The number of nitro groups is 1. The normalized spacial score (nSPS) is 10.4. The molecule has 0 aromatic heterocycles. The highest BCUT2D eigenvalue weighted by Crippen LogP contribution is 2.40. The minimum atomic E-state index is -0.560. The third kappa shape index (κ3) is 4.54. The van der Waals surface area contributed by atoms with Crippen molar-refractivity contribution in [3.8, 4) is 17.2 Å². The second kappa shape index (κ2) is 7.93. The maximum absolute atomic E-state index is 11.0. The Morgan fingerprint density at radius 3 is 2.30 bits per heavy atom. The van der Waals surface area contributed by atoms with Crippen LogP contribution < -0.4 is 9.47 Å². The van der Waals surface area contributed by atoms with Gasteiger partial charge in [-0.15, -0.1) is 11.6 Å². The van der Waals surface area contributed by atoms with E-state index in [4.69, 9.17) is 55.9 Å². The molecule has 0 aliphatic heterocycles. The summed E-state index contributed by atoms with van der Waals surface area (Å²) in [7, 11) is 0. The molecular formula is C14H9Cl4NO4. The van der Waals surface area contributed by atoms with Crippen molar-refractivity contribution in [3.05, 3.63) is 55.5 Å². The summed E-state index contributed by atoms with van der Waals surface area (Å²) >= 11 is 23.4. The zero-order valence-electron chi connectivity index (χ0n) is 11.4. The highest BCUT2D eigenvalue weighted by molar-refractivity contribution is 6.40. The predicted molar refractivity (Wildman–Crippen MR) is 90.9 cm³/mol. The molecule has 0 spiro atoms. The van der Waals surface area contributed by atoms with Crippen molar-refractivity contribution in [2.24, 2.45) is 0 Å². The van der Waals surface area contributed by atoms with E-state index < -0.39 is 4.92 Å². The van der Waals surface area contributed by atoms with Gasteiger partial charge in [-0.05, 0) is 18.2 Å². The lowest BCUT2D eigenvalue weighted by Crippen LogP contribution is -2.01. The molecule has 0 aliphatic carbocycles. The standard InChI is InChI=1S/C14H9Cl4NO4/c15-3-4-22-13-7-9(1-2-12(13)19(20)21)23-14-10(17)5-8(16)6-11(14)18/h1-2,5-7H,3-4H2. The number of rotatable bonds is 6. The lowest BCUT2D eigenvalue weighted by Gasteiger charge is -2.11. The van der Waals surface area contributed by atoms with Crippen LogP contribution in [0, 0.1) is 10.1 Å². The van der Waals surface area contributed by atoms with Crippen molar-refractivity contribution in [2.75, 3.05) is 12.5 Å². The van der Waals surface area contributed by atoms with Gasteiger partial charge in [-0.2, -0.15) is 0 Å². The van der Waals surface area contributed by atoms with E-state index in [1.807, 2.05) is 0 Å². The summed E-state index contributed by atoms with van der Waals surface area (Å²) in [4.78, 5) is 10.4. The summed E-state index contributed by atoms with van der Waals surface area (Å²) in [6, 6.07) is 6.98. The Morgan fingerprint density at radius 1 is 1.09 bits per heavy atom. The summed E-state index contributed by atoms with van der Waals surface area (Å²) in [5.74, 6) is 0.687. The van der Waals surface area contributed by atoms with Crippen molar-refractivity contribution in [1.29, 1.82) is 0 Å². The summed E-state index contributed by atoms with van der Waals surface area (Å²) in [6.07, 6.45) is 0. The molecule has 2 rings (SSSR count). The maximum Gasteiger partial charge on any atom is 0.311 e. The summed E-state index contributed by atoms with van der Waals surface area (Å²) < 4.78 is 10.9. The molecule has 0 bridgehead atoms. The lowest BCUT2D eigenvalue weighted by molar-refractivity contribution is -0.385. The molecule has 0 amide bonds. The van der Waals surface area contributed by atoms with Crippen molar-refractivity contribution in [1.82, 2.24) is 0 Å². The first kappa shape index (κ1) is 17.9. The van der Waals surface area contributed by atoms with Crippen molar-refractivity contribution in [3.63, 3.8) is 0 Å². The van der Waals surface area contributed by atoms with Gasteiger partial charge >= 0.3 is 5.69 Å². The van der Waals surface area contributed by atoms with Gasteiger partial charge in [0.05, 0.1) is 20.8 Å². The van der Waals surface area contributed by atoms with Crippen LogP contribution >= 0.6 is 46.4 Å². The van der Waals surface area contributed by atoms with E-state index in [0.717, 1.165) is 0 Å². The molecular weight excluding hydrogens is 388 g/mol. The number of alkyl halides is 1. The first-order valence-corrected chi connectivity index (χ1v) is 7.89. The summed E-state index contributed by atoms with van der Waals surface area (Å²) in [5.41, 5.74) is -0.198. The van der Waals surface area contributed by atoms with Crippen molar-refractivity contribution >= 4 is 52.1 Å². The fourth-order valence-electron chi connectivity index (χ4n) is 1.72. The molecule has 23 heavy (non-hydrogen) atoms. The summed E-state index contributed by atoms with van der Waals surface area (Å²) in [5, 5.41) is 11.8. The molecule has 0 aliphatic rings. The quantitative estimate of drug-likeness (QED) is 0.343. The van der Waals surface area contributed by atoms with Crippen LogP contribution in [0.5, 0.6) is 17.2 Å². The zero-order chi connectivity index (χ0) is 17.0. The van der Waals surface area contributed by atoms with Crippen LogP contribution in [0.4, 0.5) is 5.69 Å². The molecule has 5 nitrogen and oxygen atoms in total. The Balaban J connectivity index is 2.35. The molecule has 122 valence electrons. The Bertz CT molecular complexity index is 716. The van der Waals surface area contributed by atoms with Crippen LogP contribution in [0.2, 0.25) is 15.1 Å². The zero-order valence-corrected chi connectivity index (χ0v) is 14.4. The number of benzene rings is 2. The first-order chi connectivity index (χ1) is 10.9. The van der Waals surface area contributed by atoms with E-state index >= 15 is 0 Å². The minimum Gasteiger partial charge on any atom is -0.485 e. The smallest absolute Gasteiger partial charge is 0.311 e. The Morgan fingerprint density at radius 2 is 1.74 bits per heavy atom. The van der Waals surface area contributed by atoms with Gasteiger partial charge in [0.25, 0.3) is 0 Å². The highest BCUT2D eigenvalue weighted by atomic mass is 35.5. The van der Waals surface area contributed by atoms with Gasteiger partial charge in [0.15, 0.2) is 5.75 Å². The number of halogens is 4. The van der Waals surface area contributed by atoms with Gasteiger partial charge < -0.3 is 9.47 Å². The molecule has 2 aromatic rings. The average molecular weight is 397 g/mol. The minimum absolute atomic E-state index is 0.0364. The molecule has 9 heteroatoms. The van der Waals surface area contributed by atoms with Gasteiger partial charge in [-0.3, -0.25) is 10.1 Å². The van der Waals surface area contributed by atoms with Crippen LogP contribution in [0.25, 0.3) is 0 Å². The SMILES string of the molecule is O=[N+]([O-])c1ccc(Oc2c(Cl)cc(Cl)cc2Cl)cc1OCCCl. The van der Waals surface area contributed by atoms with Gasteiger partial charge in [-0.1, -0.05) is 34.8 Å². The van der Waals surface area contributed by atoms with E-state index in [1.165, 1.54) is 30.3 Å². The number of hydrogen-bond acceptors (Lipinski definition) is 4. The maximum atomic E-state index is 11.0. The van der Waals surface area contributed by atoms with Gasteiger partial charge in [0.1, 0.15) is 12.4 Å². The van der Waals surface area contributed by atoms with Crippen LogP contribution in [0.1, 0.15) is 0 Å². The Hall–Kier alpha value is -1.40.